The maximum Gasteiger partial charge on any atom is 0.176 e. The molecule has 4 rings (SSSR count). The molecule has 0 bridgehead atoms. The number of nitrogens with one attached hydrogen (secondary N) is 1. The third-order valence-electron chi connectivity index (χ3n) is 4.82. The highest BCUT2D eigenvalue weighted by atomic mass is 35.5. The quantitative estimate of drug-likeness (QED) is 0.706. The van der Waals surface area contributed by atoms with Gasteiger partial charge in [0.05, 0.1) is 17.8 Å². The van der Waals surface area contributed by atoms with Gasteiger partial charge in [-0.25, -0.2) is 4.39 Å². The monoisotopic (exact) mass is 387 g/mol. The molecular formula is C20H19ClFN3O2. The molecule has 2 heterocycles. The summed E-state index contributed by atoms with van der Waals surface area (Å²) in [6.07, 6.45) is 0.834. The molecule has 0 fully saturated rings. The Morgan fingerprint density at radius 1 is 1.33 bits per heavy atom. The van der Waals surface area contributed by atoms with Crippen LogP contribution in [0.25, 0.3) is 11.3 Å². The smallest absolute Gasteiger partial charge is 0.176 e. The van der Waals surface area contributed by atoms with Crippen molar-refractivity contribution in [2.45, 2.75) is 19.5 Å². The van der Waals surface area contributed by atoms with Crippen molar-refractivity contribution in [3.8, 4) is 22.8 Å². The van der Waals surface area contributed by atoms with Gasteiger partial charge in [0.2, 0.25) is 0 Å². The van der Waals surface area contributed by atoms with Crippen molar-refractivity contribution in [1.82, 2.24) is 15.1 Å². The highest BCUT2D eigenvalue weighted by Gasteiger charge is 2.23. The van der Waals surface area contributed by atoms with Gasteiger partial charge in [-0.15, -0.1) is 0 Å². The van der Waals surface area contributed by atoms with Crippen LogP contribution in [0.2, 0.25) is 5.02 Å². The Morgan fingerprint density at radius 2 is 2.19 bits per heavy atom. The molecule has 7 heteroatoms. The van der Waals surface area contributed by atoms with E-state index in [-0.39, 0.29) is 16.6 Å². The van der Waals surface area contributed by atoms with E-state index < -0.39 is 0 Å². The Morgan fingerprint density at radius 3 is 2.96 bits per heavy atom. The number of halogens is 2. The van der Waals surface area contributed by atoms with Crippen molar-refractivity contribution in [3.05, 3.63) is 64.1 Å². The molecule has 27 heavy (non-hydrogen) atoms. The average Bonchev–Trinajstić information content (AvgIpc) is 3.08. The summed E-state index contributed by atoms with van der Waals surface area (Å²) >= 11 is 6.10. The van der Waals surface area contributed by atoms with Crippen LogP contribution in [0.15, 0.2) is 36.4 Å². The molecule has 0 radical (unpaired) electrons. The van der Waals surface area contributed by atoms with E-state index in [1.807, 2.05) is 6.07 Å². The summed E-state index contributed by atoms with van der Waals surface area (Å²) in [6, 6.07) is 10.0. The fraction of sp³-hybridized carbons (Fsp3) is 0.250. The number of phenols is 1. The first-order valence-electron chi connectivity index (χ1n) is 8.65. The van der Waals surface area contributed by atoms with Crippen LogP contribution in [0.5, 0.6) is 11.5 Å². The molecule has 140 valence electrons. The van der Waals surface area contributed by atoms with Crippen LogP contribution in [0.4, 0.5) is 4.39 Å². The fourth-order valence-electron chi connectivity index (χ4n) is 3.49. The maximum atomic E-state index is 13.6. The van der Waals surface area contributed by atoms with E-state index in [4.69, 9.17) is 16.3 Å². The van der Waals surface area contributed by atoms with Gasteiger partial charge in [-0.1, -0.05) is 23.7 Å². The van der Waals surface area contributed by atoms with Crippen molar-refractivity contribution in [2.24, 2.45) is 0 Å². The lowest BCUT2D eigenvalue weighted by Gasteiger charge is -2.27. The third-order valence-corrected chi connectivity index (χ3v) is 5.11. The second kappa shape index (κ2) is 7.21. The van der Waals surface area contributed by atoms with Crippen LogP contribution in [-0.4, -0.2) is 33.9 Å². The summed E-state index contributed by atoms with van der Waals surface area (Å²) in [6.45, 7) is 2.21. The van der Waals surface area contributed by atoms with Crippen molar-refractivity contribution in [1.29, 1.82) is 0 Å². The number of aromatic hydroxyl groups is 1. The largest absolute Gasteiger partial charge is 0.503 e. The van der Waals surface area contributed by atoms with E-state index in [1.54, 1.807) is 18.2 Å². The van der Waals surface area contributed by atoms with E-state index in [0.717, 1.165) is 41.0 Å². The number of H-pyrrole nitrogens is 1. The lowest BCUT2D eigenvalue weighted by molar-refractivity contribution is 0.244. The number of fused-ring (bicyclic) bond motifs is 1. The van der Waals surface area contributed by atoms with Crippen LogP contribution in [0.1, 0.15) is 16.8 Å². The molecule has 0 aliphatic carbocycles. The number of aromatic nitrogens is 2. The molecule has 1 aliphatic rings. The Hall–Kier alpha value is -2.57. The lowest BCUT2D eigenvalue weighted by Crippen LogP contribution is -2.30. The zero-order valence-corrected chi connectivity index (χ0v) is 15.6. The van der Waals surface area contributed by atoms with Gasteiger partial charge in [0.25, 0.3) is 0 Å². The number of ether oxygens (including phenoxy) is 1. The number of hydrogen-bond acceptors (Lipinski definition) is 4. The number of aromatic amines is 1. The van der Waals surface area contributed by atoms with Gasteiger partial charge in [-0.3, -0.25) is 10.00 Å². The molecule has 0 spiro atoms. The number of nitrogens with zero attached hydrogens (tertiary/aromatic N) is 2. The summed E-state index contributed by atoms with van der Waals surface area (Å²) < 4.78 is 18.8. The van der Waals surface area contributed by atoms with Crippen LogP contribution < -0.4 is 4.74 Å². The van der Waals surface area contributed by atoms with Gasteiger partial charge in [0.15, 0.2) is 11.5 Å². The van der Waals surface area contributed by atoms with E-state index >= 15 is 0 Å². The molecular weight excluding hydrogens is 369 g/mol. The van der Waals surface area contributed by atoms with Gasteiger partial charge in [-0.05, 0) is 29.8 Å². The molecule has 0 amide bonds. The molecule has 0 unspecified atom stereocenters. The predicted molar refractivity (Wildman–Crippen MR) is 101 cm³/mol. The van der Waals surface area contributed by atoms with Gasteiger partial charge < -0.3 is 9.84 Å². The molecule has 2 N–H and O–H groups in total. The van der Waals surface area contributed by atoms with Gasteiger partial charge in [0, 0.05) is 42.9 Å². The van der Waals surface area contributed by atoms with Gasteiger partial charge in [-0.2, -0.15) is 5.10 Å². The van der Waals surface area contributed by atoms with Crippen molar-refractivity contribution in [2.75, 3.05) is 13.7 Å². The van der Waals surface area contributed by atoms with E-state index in [9.17, 15) is 9.50 Å². The SMILES string of the molecule is COc1cc(CN2CCc3[nH]nc(-c4cccc(F)c4)c3C2)cc(Cl)c1O. The number of methoxy groups -OCH3 is 1. The molecule has 1 aromatic heterocycles. The third kappa shape index (κ3) is 3.50. The second-order valence-electron chi connectivity index (χ2n) is 6.63. The van der Waals surface area contributed by atoms with Crippen molar-refractivity contribution >= 4 is 11.6 Å². The second-order valence-corrected chi connectivity index (χ2v) is 7.04. The average molecular weight is 388 g/mol. The Kier molecular flexibility index (Phi) is 4.76. The van der Waals surface area contributed by atoms with E-state index in [1.165, 1.54) is 19.2 Å². The number of phenolic OH excluding ortho intramolecular Hbond substituents is 1. The minimum absolute atomic E-state index is 0.0490. The summed E-state index contributed by atoms with van der Waals surface area (Å²) in [7, 11) is 1.50. The zero-order valence-electron chi connectivity index (χ0n) is 14.8. The summed E-state index contributed by atoms with van der Waals surface area (Å²) in [5.74, 6) is 0.0359. The Balaban J connectivity index is 1.59. The van der Waals surface area contributed by atoms with Crippen molar-refractivity contribution in [3.63, 3.8) is 0 Å². The van der Waals surface area contributed by atoms with E-state index in [2.05, 4.69) is 15.1 Å². The Bertz CT molecular complexity index is 989. The first-order chi connectivity index (χ1) is 13.0. The predicted octanol–water partition coefficient (Wildman–Crippen LogP) is 4.14. The maximum absolute atomic E-state index is 13.6. The first-order valence-corrected chi connectivity index (χ1v) is 9.02. The summed E-state index contributed by atoms with van der Waals surface area (Å²) in [4.78, 5) is 2.27. The molecule has 2 aromatic carbocycles. The highest BCUT2D eigenvalue weighted by Crippen LogP contribution is 2.36. The number of hydrogen-bond donors (Lipinski definition) is 2. The minimum Gasteiger partial charge on any atom is -0.503 e. The van der Waals surface area contributed by atoms with Crippen LogP contribution in [-0.2, 0) is 19.5 Å². The van der Waals surface area contributed by atoms with E-state index in [0.29, 0.717) is 18.8 Å². The first kappa shape index (κ1) is 17.8. The van der Waals surface area contributed by atoms with Crippen molar-refractivity contribution < 1.29 is 14.2 Å². The molecule has 3 aromatic rings. The topological polar surface area (TPSA) is 61.4 Å². The lowest BCUT2D eigenvalue weighted by atomic mass is 10.0. The minimum atomic E-state index is -0.275. The van der Waals surface area contributed by atoms with Crippen LogP contribution in [0.3, 0.4) is 0 Å². The molecule has 0 saturated heterocycles. The normalized spacial score (nSPS) is 14.2. The molecule has 1 aliphatic heterocycles. The highest BCUT2D eigenvalue weighted by molar-refractivity contribution is 6.32. The zero-order chi connectivity index (χ0) is 19.0. The van der Waals surface area contributed by atoms with Gasteiger partial charge in [0.1, 0.15) is 5.82 Å². The number of benzene rings is 2. The number of rotatable bonds is 4. The van der Waals surface area contributed by atoms with Crippen LogP contribution in [0, 0.1) is 5.82 Å². The Labute approximate surface area is 161 Å². The molecule has 0 atom stereocenters. The van der Waals surface area contributed by atoms with Gasteiger partial charge >= 0.3 is 0 Å². The molecule has 5 nitrogen and oxygen atoms in total. The summed E-state index contributed by atoms with van der Waals surface area (Å²) in [5.41, 5.74) is 4.68. The molecule has 0 saturated carbocycles. The summed E-state index contributed by atoms with van der Waals surface area (Å²) in [5, 5.41) is 17.7. The van der Waals surface area contributed by atoms with Crippen LogP contribution >= 0.6 is 11.6 Å². The fourth-order valence-corrected chi connectivity index (χ4v) is 3.73. The standard InChI is InChI=1S/C20H19ClFN3O2/c1-27-18-8-12(7-16(21)20(18)26)10-25-6-5-17-15(11-25)19(24-23-17)13-3-2-4-14(22)9-13/h2-4,7-9,26H,5-6,10-11H2,1H3,(H,23,24).